The van der Waals surface area contributed by atoms with Gasteiger partial charge in [0.2, 0.25) is 0 Å². The van der Waals surface area contributed by atoms with Gasteiger partial charge in [0.15, 0.2) is 0 Å². The van der Waals surface area contributed by atoms with Gasteiger partial charge in [-0.3, -0.25) is 4.98 Å². The Morgan fingerprint density at radius 3 is 2.92 bits per heavy atom. The molecule has 0 radical (unpaired) electrons. The summed E-state index contributed by atoms with van der Waals surface area (Å²) in [6.45, 7) is 0.894. The second-order valence-electron chi connectivity index (χ2n) is 6.52. The first-order valence-electron chi connectivity index (χ1n) is 8.61. The summed E-state index contributed by atoms with van der Waals surface area (Å²) in [4.78, 5) is 9.15. The molecule has 0 N–H and O–H groups in total. The van der Waals surface area contributed by atoms with Crippen LogP contribution in [0.15, 0.2) is 54.7 Å². The summed E-state index contributed by atoms with van der Waals surface area (Å²) in [7, 11) is 0. The van der Waals surface area contributed by atoms with Crippen molar-refractivity contribution in [1.29, 1.82) is 0 Å². The average molecular weight is 364 g/mol. The molecule has 128 valence electrons. The van der Waals surface area contributed by atoms with Gasteiger partial charge in [-0.2, -0.15) is 0 Å². The maximum Gasteiger partial charge on any atom is 0.132 e. The minimum Gasteiger partial charge on any atom is -0.327 e. The van der Waals surface area contributed by atoms with E-state index in [1.807, 2.05) is 24.3 Å². The van der Waals surface area contributed by atoms with E-state index in [0.717, 1.165) is 47.4 Å². The Kier molecular flexibility index (Phi) is 3.54. The molecule has 0 aliphatic carbocycles. The highest BCUT2D eigenvalue weighted by Gasteiger charge is 2.25. The molecule has 0 saturated carbocycles. The molecule has 1 aliphatic heterocycles. The molecule has 5 rings (SSSR count). The molecule has 0 atom stereocenters. The molecule has 5 heteroatoms. The lowest BCUT2D eigenvalue weighted by molar-refractivity contribution is 0.630. The summed E-state index contributed by atoms with van der Waals surface area (Å²) in [5.41, 5.74) is 4.00. The number of halogens is 2. The van der Waals surface area contributed by atoms with E-state index in [9.17, 15) is 4.39 Å². The predicted molar refractivity (Wildman–Crippen MR) is 102 cm³/mol. The van der Waals surface area contributed by atoms with Crippen molar-refractivity contribution in [2.24, 2.45) is 0 Å². The number of nitrogens with zero attached hydrogens (tertiary/aromatic N) is 3. The quantitative estimate of drug-likeness (QED) is 0.470. The van der Waals surface area contributed by atoms with Crippen LogP contribution in [0.25, 0.3) is 33.4 Å². The fourth-order valence-electron chi connectivity index (χ4n) is 3.71. The number of pyridine rings is 1. The number of aryl methyl sites for hydroxylation is 1. The molecule has 1 aliphatic rings. The lowest BCUT2D eigenvalue weighted by atomic mass is 10.0. The molecule has 2 aromatic heterocycles. The van der Waals surface area contributed by atoms with Gasteiger partial charge in [0.25, 0.3) is 0 Å². The number of hydrogen-bond acceptors (Lipinski definition) is 2. The van der Waals surface area contributed by atoms with Gasteiger partial charge in [-0.15, -0.1) is 0 Å². The molecular weight excluding hydrogens is 349 g/mol. The molecular formula is C21H15ClFN3. The van der Waals surface area contributed by atoms with Crippen molar-refractivity contribution in [3.8, 4) is 22.5 Å². The van der Waals surface area contributed by atoms with Crippen LogP contribution >= 0.6 is 11.6 Å². The van der Waals surface area contributed by atoms with Crippen LogP contribution < -0.4 is 0 Å². The Bertz CT molecular complexity index is 1150. The second-order valence-corrected chi connectivity index (χ2v) is 6.95. The van der Waals surface area contributed by atoms with Gasteiger partial charge in [-0.25, -0.2) is 9.37 Å². The maximum atomic E-state index is 14.5. The van der Waals surface area contributed by atoms with Crippen LogP contribution in [0.5, 0.6) is 0 Å². The van der Waals surface area contributed by atoms with Gasteiger partial charge in [0.1, 0.15) is 11.6 Å². The van der Waals surface area contributed by atoms with Crippen molar-refractivity contribution in [2.75, 3.05) is 0 Å². The molecule has 0 unspecified atom stereocenters. The molecule has 0 amide bonds. The molecule has 3 nitrogen and oxygen atoms in total. The fourth-order valence-corrected chi connectivity index (χ4v) is 3.88. The lowest BCUT2D eigenvalue weighted by Gasteiger charge is -2.10. The van der Waals surface area contributed by atoms with E-state index in [2.05, 4.69) is 15.6 Å². The third-order valence-electron chi connectivity index (χ3n) is 4.89. The van der Waals surface area contributed by atoms with Crippen LogP contribution in [0.2, 0.25) is 5.02 Å². The van der Waals surface area contributed by atoms with Gasteiger partial charge < -0.3 is 4.57 Å². The highest BCUT2D eigenvalue weighted by atomic mass is 35.5. The highest BCUT2D eigenvalue weighted by Crippen LogP contribution is 2.38. The summed E-state index contributed by atoms with van der Waals surface area (Å²) in [6.07, 6.45) is 3.75. The Labute approximate surface area is 155 Å². The van der Waals surface area contributed by atoms with E-state index >= 15 is 0 Å². The summed E-state index contributed by atoms with van der Waals surface area (Å²) in [6, 6.07) is 14.7. The van der Waals surface area contributed by atoms with Crippen LogP contribution in [0.3, 0.4) is 0 Å². The monoisotopic (exact) mass is 363 g/mol. The lowest BCUT2D eigenvalue weighted by Crippen LogP contribution is -1.97. The molecule has 4 aromatic rings. The summed E-state index contributed by atoms with van der Waals surface area (Å²) < 4.78 is 16.8. The minimum absolute atomic E-state index is 0.310. The number of hydrogen-bond donors (Lipinski definition) is 0. The van der Waals surface area contributed by atoms with Crippen molar-refractivity contribution in [2.45, 2.75) is 19.4 Å². The van der Waals surface area contributed by atoms with E-state index in [1.165, 1.54) is 6.07 Å². The van der Waals surface area contributed by atoms with E-state index in [1.54, 1.807) is 18.3 Å². The van der Waals surface area contributed by atoms with Crippen molar-refractivity contribution in [3.05, 3.63) is 71.4 Å². The molecule has 2 aromatic carbocycles. The van der Waals surface area contributed by atoms with Gasteiger partial charge in [0.05, 0.1) is 16.9 Å². The largest absolute Gasteiger partial charge is 0.327 e. The van der Waals surface area contributed by atoms with Gasteiger partial charge in [0, 0.05) is 40.7 Å². The zero-order valence-corrected chi connectivity index (χ0v) is 14.7. The van der Waals surface area contributed by atoms with E-state index < -0.39 is 0 Å². The standard InChI is InChI=1S/C21H15ClFN3/c22-15-6-7-17(23)16(12-15)20-21(26-10-2-4-19(26)25-20)14-5-8-18-13(11-14)3-1-9-24-18/h1,3,5-9,11-12H,2,4,10H2. The predicted octanol–water partition coefficient (Wildman–Crippen LogP) is 5.50. The van der Waals surface area contributed by atoms with Crippen molar-refractivity contribution in [3.63, 3.8) is 0 Å². The number of rotatable bonds is 2. The Morgan fingerprint density at radius 1 is 1.08 bits per heavy atom. The Morgan fingerprint density at radius 2 is 2.00 bits per heavy atom. The number of fused-ring (bicyclic) bond motifs is 2. The SMILES string of the molecule is Fc1ccc(Cl)cc1-c1nc2n(c1-c1ccc3ncccc3c1)CCC2. The molecule has 26 heavy (non-hydrogen) atoms. The average Bonchev–Trinajstić information content (AvgIpc) is 3.24. The fraction of sp³-hybridized carbons (Fsp3) is 0.143. The second kappa shape index (κ2) is 5.92. The van der Waals surface area contributed by atoms with Crippen molar-refractivity contribution >= 4 is 22.5 Å². The zero-order valence-electron chi connectivity index (χ0n) is 13.9. The van der Waals surface area contributed by atoms with Crippen LogP contribution in [0, 0.1) is 5.82 Å². The van der Waals surface area contributed by atoms with Crippen LogP contribution in [-0.2, 0) is 13.0 Å². The van der Waals surface area contributed by atoms with Crippen molar-refractivity contribution < 1.29 is 4.39 Å². The number of benzene rings is 2. The molecule has 0 spiro atoms. The topological polar surface area (TPSA) is 30.7 Å². The highest BCUT2D eigenvalue weighted by molar-refractivity contribution is 6.30. The summed E-state index contributed by atoms with van der Waals surface area (Å²) in [5.74, 6) is 0.690. The molecule has 0 bridgehead atoms. The van der Waals surface area contributed by atoms with Gasteiger partial charge in [-0.1, -0.05) is 23.7 Å². The normalized spacial score (nSPS) is 13.3. The van der Waals surface area contributed by atoms with E-state index in [4.69, 9.17) is 16.6 Å². The summed E-state index contributed by atoms with van der Waals surface area (Å²) >= 11 is 6.13. The Hall–Kier alpha value is -2.72. The number of imidazole rings is 1. The first-order valence-corrected chi connectivity index (χ1v) is 8.98. The van der Waals surface area contributed by atoms with Crippen LogP contribution in [0.4, 0.5) is 4.39 Å². The molecule has 0 fully saturated rings. The number of aromatic nitrogens is 3. The smallest absolute Gasteiger partial charge is 0.132 e. The summed E-state index contributed by atoms with van der Waals surface area (Å²) in [5, 5.41) is 1.55. The van der Waals surface area contributed by atoms with Crippen molar-refractivity contribution in [1.82, 2.24) is 14.5 Å². The first-order chi connectivity index (χ1) is 12.7. The van der Waals surface area contributed by atoms with Gasteiger partial charge in [-0.05, 0) is 42.8 Å². The minimum atomic E-state index is -0.310. The van der Waals surface area contributed by atoms with E-state index in [-0.39, 0.29) is 5.82 Å². The third kappa shape index (κ3) is 2.41. The van der Waals surface area contributed by atoms with Gasteiger partial charge >= 0.3 is 0 Å². The first kappa shape index (κ1) is 15.5. The maximum absolute atomic E-state index is 14.5. The molecule has 3 heterocycles. The Balaban J connectivity index is 1.78. The van der Waals surface area contributed by atoms with E-state index in [0.29, 0.717) is 16.3 Å². The van der Waals surface area contributed by atoms with Crippen LogP contribution in [-0.4, -0.2) is 14.5 Å². The van der Waals surface area contributed by atoms with Crippen LogP contribution in [0.1, 0.15) is 12.2 Å². The third-order valence-corrected chi connectivity index (χ3v) is 5.12. The molecule has 0 saturated heterocycles. The zero-order chi connectivity index (χ0) is 17.7.